The zero-order chi connectivity index (χ0) is 11.3. The van der Waals surface area contributed by atoms with Crippen LogP contribution in [0.2, 0.25) is 0 Å². The number of hydrogen-bond acceptors (Lipinski definition) is 3. The van der Waals surface area contributed by atoms with Crippen LogP contribution in [-0.2, 0) is 14.3 Å². The number of rotatable bonds is 3. The second-order valence-electron chi connectivity index (χ2n) is 4.01. The molecule has 0 unspecified atom stereocenters. The number of carbonyl (C=O) groups excluding carboxylic acids is 2. The van der Waals surface area contributed by atoms with Crippen LogP contribution in [0.1, 0.15) is 33.1 Å². The molecule has 0 radical (unpaired) electrons. The van der Waals surface area contributed by atoms with Crippen LogP contribution in [0.5, 0.6) is 0 Å². The van der Waals surface area contributed by atoms with Gasteiger partial charge < -0.3 is 9.64 Å². The Morgan fingerprint density at radius 1 is 1.33 bits per heavy atom. The van der Waals surface area contributed by atoms with E-state index in [1.165, 1.54) is 13.3 Å². The van der Waals surface area contributed by atoms with Crippen molar-refractivity contribution in [3.63, 3.8) is 0 Å². The van der Waals surface area contributed by atoms with Crippen LogP contribution in [0, 0.1) is 5.92 Å². The van der Waals surface area contributed by atoms with E-state index in [1.807, 2.05) is 0 Å². The second-order valence-corrected chi connectivity index (χ2v) is 4.01. The number of nitrogens with zero attached hydrogens (tertiary/aromatic N) is 1. The molecule has 0 saturated carbocycles. The van der Waals surface area contributed by atoms with E-state index in [1.54, 1.807) is 4.90 Å². The topological polar surface area (TPSA) is 46.6 Å². The fourth-order valence-electron chi connectivity index (χ4n) is 1.85. The maximum absolute atomic E-state index is 11.5. The molecule has 1 amide bonds. The molecule has 4 heteroatoms. The molecule has 0 aromatic heterocycles. The zero-order valence-corrected chi connectivity index (χ0v) is 9.49. The van der Waals surface area contributed by atoms with E-state index in [0.717, 1.165) is 31.8 Å². The molecule has 1 aliphatic rings. The van der Waals surface area contributed by atoms with Crippen molar-refractivity contribution >= 4 is 11.9 Å². The van der Waals surface area contributed by atoms with E-state index >= 15 is 0 Å². The summed E-state index contributed by atoms with van der Waals surface area (Å²) in [5.41, 5.74) is 0. The minimum Gasteiger partial charge on any atom is -0.456 e. The summed E-state index contributed by atoms with van der Waals surface area (Å²) in [5, 5.41) is 0. The highest BCUT2D eigenvalue weighted by Gasteiger charge is 2.21. The molecule has 0 spiro atoms. The van der Waals surface area contributed by atoms with Crippen molar-refractivity contribution < 1.29 is 14.3 Å². The molecular formula is C11H19NO3. The van der Waals surface area contributed by atoms with Crippen molar-refractivity contribution in [2.75, 3.05) is 19.7 Å². The van der Waals surface area contributed by atoms with Gasteiger partial charge in [-0.3, -0.25) is 9.59 Å². The van der Waals surface area contributed by atoms with Crippen LogP contribution in [0.25, 0.3) is 0 Å². The summed E-state index contributed by atoms with van der Waals surface area (Å²) in [4.78, 5) is 23.9. The Hall–Kier alpha value is -1.06. The lowest BCUT2D eigenvalue weighted by molar-refractivity contribution is -0.150. The SMILES string of the molecule is CCC1CCN(C(=O)COC(C)=O)CC1. The zero-order valence-electron chi connectivity index (χ0n) is 9.49. The smallest absolute Gasteiger partial charge is 0.303 e. The van der Waals surface area contributed by atoms with Gasteiger partial charge in [-0.1, -0.05) is 13.3 Å². The minimum atomic E-state index is -0.396. The summed E-state index contributed by atoms with van der Waals surface area (Å²) in [7, 11) is 0. The Bertz CT molecular complexity index is 232. The fourth-order valence-corrected chi connectivity index (χ4v) is 1.85. The Balaban J connectivity index is 2.27. The van der Waals surface area contributed by atoms with E-state index in [-0.39, 0.29) is 12.5 Å². The molecule has 1 aliphatic heterocycles. The van der Waals surface area contributed by atoms with Crippen molar-refractivity contribution in [1.82, 2.24) is 4.90 Å². The number of piperidine rings is 1. The molecule has 4 nitrogen and oxygen atoms in total. The number of likely N-dealkylation sites (tertiary alicyclic amines) is 1. The van der Waals surface area contributed by atoms with Gasteiger partial charge in [0.2, 0.25) is 0 Å². The Labute approximate surface area is 90.6 Å². The third kappa shape index (κ3) is 3.90. The van der Waals surface area contributed by atoms with Crippen LogP contribution in [0.15, 0.2) is 0 Å². The lowest BCUT2D eigenvalue weighted by Crippen LogP contribution is -2.40. The van der Waals surface area contributed by atoms with Crippen molar-refractivity contribution in [3.05, 3.63) is 0 Å². The molecule has 1 fully saturated rings. The first kappa shape index (κ1) is 12.0. The van der Waals surface area contributed by atoms with Gasteiger partial charge in [0.05, 0.1) is 0 Å². The molecular weight excluding hydrogens is 194 g/mol. The van der Waals surface area contributed by atoms with Crippen LogP contribution in [0.3, 0.4) is 0 Å². The number of amides is 1. The second kappa shape index (κ2) is 5.73. The molecule has 0 atom stereocenters. The van der Waals surface area contributed by atoms with Gasteiger partial charge in [-0.15, -0.1) is 0 Å². The van der Waals surface area contributed by atoms with Crippen molar-refractivity contribution in [2.24, 2.45) is 5.92 Å². The van der Waals surface area contributed by atoms with Gasteiger partial charge in [-0.05, 0) is 18.8 Å². The van der Waals surface area contributed by atoms with Gasteiger partial charge in [0.1, 0.15) is 0 Å². The molecule has 0 aromatic rings. The van der Waals surface area contributed by atoms with Crippen LogP contribution < -0.4 is 0 Å². The predicted octanol–water partition coefficient (Wildman–Crippen LogP) is 1.20. The molecule has 1 rings (SSSR count). The van der Waals surface area contributed by atoms with Crippen LogP contribution in [-0.4, -0.2) is 36.5 Å². The highest BCUT2D eigenvalue weighted by molar-refractivity contribution is 5.80. The first-order valence-electron chi connectivity index (χ1n) is 5.54. The molecule has 0 N–H and O–H groups in total. The van der Waals surface area contributed by atoms with Gasteiger partial charge in [0, 0.05) is 20.0 Å². The van der Waals surface area contributed by atoms with Crippen molar-refractivity contribution in [1.29, 1.82) is 0 Å². The summed E-state index contributed by atoms with van der Waals surface area (Å²) < 4.78 is 4.68. The quantitative estimate of drug-likeness (QED) is 0.662. The summed E-state index contributed by atoms with van der Waals surface area (Å²) in [6.45, 7) is 5.00. The third-order valence-electron chi connectivity index (χ3n) is 2.94. The average Bonchev–Trinajstić information content (AvgIpc) is 2.26. The first-order valence-corrected chi connectivity index (χ1v) is 5.54. The highest BCUT2D eigenvalue weighted by Crippen LogP contribution is 2.19. The molecule has 0 aliphatic carbocycles. The Morgan fingerprint density at radius 2 is 1.93 bits per heavy atom. The third-order valence-corrected chi connectivity index (χ3v) is 2.94. The normalized spacial score (nSPS) is 17.6. The summed E-state index contributed by atoms with van der Waals surface area (Å²) >= 11 is 0. The first-order chi connectivity index (χ1) is 7.13. The fraction of sp³-hybridized carbons (Fsp3) is 0.818. The van der Waals surface area contributed by atoms with E-state index < -0.39 is 5.97 Å². The van der Waals surface area contributed by atoms with E-state index in [2.05, 4.69) is 11.7 Å². The molecule has 0 aromatic carbocycles. The molecule has 86 valence electrons. The van der Waals surface area contributed by atoms with Gasteiger partial charge in [0.15, 0.2) is 6.61 Å². The number of ether oxygens (including phenoxy) is 1. The highest BCUT2D eigenvalue weighted by atomic mass is 16.5. The van der Waals surface area contributed by atoms with Crippen molar-refractivity contribution in [2.45, 2.75) is 33.1 Å². The maximum atomic E-state index is 11.5. The lowest BCUT2D eigenvalue weighted by atomic mass is 9.94. The molecule has 15 heavy (non-hydrogen) atoms. The minimum absolute atomic E-state index is 0.0697. The van der Waals surface area contributed by atoms with Gasteiger partial charge >= 0.3 is 5.97 Å². The average molecular weight is 213 g/mol. The number of carbonyl (C=O) groups is 2. The molecule has 1 heterocycles. The van der Waals surface area contributed by atoms with E-state index in [4.69, 9.17) is 0 Å². The molecule has 0 bridgehead atoms. The van der Waals surface area contributed by atoms with Crippen molar-refractivity contribution in [3.8, 4) is 0 Å². The number of hydrogen-bond donors (Lipinski definition) is 0. The number of esters is 1. The summed E-state index contributed by atoms with van der Waals surface area (Å²) in [6.07, 6.45) is 3.33. The van der Waals surface area contributed by atoms with Gasteiger partial charge in [-0.25, -0.2) is 0 Å². The maximum Gasteiger partial charge on any atom is 0.303 e. The van der Waals surface area contributed by atoms with Crippen LogP contribution >= 0.6 is 0 Å². The standard InChI is InChI=1S/C11H19NO3/c1-3-10-4-6-12(7-5-10)11(14)8-15-9(2)13/h10H,3-8H2,1-2H3. The summed E-state index contributed by atoms with van der Waals surface area (Å²) in [5.74, 6) is 0.286. The monoisotopic (exact) mass is 213 g/mol. The summed E-state index contributed by atoms with van der Waals surface area (Å²) in [6, 6.07) is 0. The predicted molar refractivity (Wildman–Crippen MR) is 56.2 cm³/mol. The largest absolute Gasteiger partial charge is 0.456 e. The van der Waals surface area contributed by atoms with Crippen LogP contribution in [0.4, 0.5) is 0 Å². The Kier molecular flexibility index (Phi) is 4.59. The lowest BCUT2D eigenvalue weighted by Gasteiger charge is -2.31. The van der Waals surface area contributed by atoms with E-state index in [9.17, 15) is 9.59 Å². The Morgan fingerprint density at radius 3 is 2.40 bits per heavy atom. The van der Waals surface area contributed by atoms with Gasteiger partial charge in [0.25, 0.3) is 5.91 Å². The molecule has 1 saturated heterocycles. The van der Waals surface area contributed by atoms with Gasteiger partial charge in [-0.2, -0.15) is 0 Å². The van der Waals surface area contributed by atoms with E-state index in [0.29, 0.717) is 0 Å².